The lowest BCUT2D eigenvalue weighted by atomic mass is 9.59. The second-order valence-corrected chi connectivity index (χ2v) is 22.2. The van der Waals surface area contributed by atoms with Crippen LogP contribution in [0.3, 0.4) is 0 Å². The van der Waals surface area contributed by atoms with Crippen molar-refractivity contribution < 1.29 is 9.16 Å². The summed E-state index contributed by atoms with van der Waals surface area (Å²) in [5.41, 5.74) is 9.71. The normalized spacial score (nSPS) is 28.9. The van der Waals surface area contributed by atoms with Gasteiger partial charge in [-0.2, -0.15) is 0 Å². The van der Waals surface area contributed by atoms with E-state index in [1.54, 1.807) is 0 Å². The van der Waals surface area contributed by atoms with Gasteiger partial charge < -0.3 is 9.16 Å². The third kappa shape index (κ3) is 4.91. The lowest BCUT2D eigenvalue weighted by Crippen LogP contribution is -2.46. The number of alkyl halides is 1. The van der Waals surface area contributed by atoms with Crippen molar-refractivity contribution in [1.29, 1.82) is 0 Å². The van der Waals surface area contributed by atoms with Crippen LogP contribution in [0.1, 0.15) is 157 Å². The predicted octanol–water partition coefficient (Wildman–Crippen LogP) is 10.8. The summed E-state index contributed by atoms with van der Waals surface area (Å²) in [4.78, 5) is 5.66. The quantitative estimate of drug-likeness (QED) is 0.178. The average Bonchev–Trinajstić information content (AvgIpc) is 3.42. The van der Waals surface area contributed by atoms with Crippen molar-refractivity contribution in [3.8, 4) is 0 Å². The molecule has 224 valence electrons. The number of ether oxygens (including phenoxy) is 1. The highest BCUT2D eigenvalue weighted by Gasteiger charge is 2.58. The molecule has 2 aromatic rings. The van der Waals surface area contributed by atoms with Crippen LogP contribution in [0.25, 0.3) is 0 Å². The monoisotopic (exact) mass is 685 g/mol. The molecule has 3 aliphatic carbocycles. The van der Waals surface area contributed by atoms with Crippen molar-refractivity contribution in [3.05, 3.63) is 63.5 Å². The van der Waals surface area contributed by atoms with Crippen LogP contribution in [0.15, 0.2) is 24.3 Å². The maximum atomic E-state index is 7.49. The molecule has 0 amide bonds. The number of rotatable bonds is 5. The van der Waals surface area contributed by atoms with Crippen molar-refractivity contribution >= 4 is 30.9 Å². The molecule has 1 aliphatic heterocycles. The van der Waals surface area contributed by atoms with Crippen LogP contribution >= 0.6 is 22.6 Å². The largest absolute Gasteiger partial charge is 0.410 e. The zero-order valence-electron chi connectivity index (χ0n) is 27.0. The average molecular weight is 686 g/mol. The first-order valence-corrected chi connectivity index (χ1v) is 20.5. The number of hydrogen-bond acceptors (Lipinski definition) is 3. The van der Waals surface area contributed by atoms with Crippen LogP contribution in [-0.4, -0.2) is 17.2 Å². The minimum Gasteiger partial charge on any atom is -0.410 e. The lowest BCUT2D eigenvalue weighted by molar-refractivity contribution is -0.0521. The highest BCUT2D eigenvalue weighted by atomic mass is 127. The van der Waals surface area contributed by atoms with Gasteiger partial charge in [0.05, 0.1) is 6.10 Å². The second kappa shape index (κ2) is 10.4. The van der Waals surface area contributed by atoms with Crippen molar-refractivity contribution in [2.45, 2.75) is 152 Å². The summed E-state index contributed by atoms with van der Waals surface area (Å²) in [5.74, 6) is 0.867. The smallest absolute Gasteiger partial charge is 0.192 e. The highest BCUT2D eigenvalue weighted by Crippen LogP contribution is 2.63. The number of halogens is 1. The number of fused-ring (bicyclic) bond motifs is 4. The Morgan fingerprint density at radius 1 is 0.976 bits per heavy atom. The molecule has 6 rings (SSSR count). The van der Waals surface area contributed by atoms with Gasteiger partial charge in [0.2, 0.25) is 0 Å². The van der Waals surface area contributed by atoms with Gasteiger partial charge >= 0.3 is 0 Å². The number of nitrogens with zero attached hydrogens (tertiary/aromatic N) is 1. The summed E-state index contributed by atoms with van der Waals surface area (Å²) in [6.07, 6.45) is 9.84. The molecule has 4 atom stereocenters. The molecule has 0 N–H and O–H groups in total. The molecule has 0 saturated heterocycles. The Bertz CT molecular complexity index is 1310. The van der Waals surface area contributed by atoms with Crippen molar-refractivity contribution in [2.24, 2.45) is 5.41 Å². The Hall–Kier alpha value is -0.763. The molecule has 1 aromatic heterocycles. The van der Waals surface area contributed by atoms with E-state index in [0.717, 1.165) is 19.3 Å². The summed E-state index contributed by atoms with van der Waals surface area (Å²) in [6.45, 7) is 21.2. The van der Waals surface area contributed by atoms with E-state index >= 15 is 0 Å². The first-order valence-electron chi connectivity index (χ1n) is 16.3. The summed E-state index contributed by atoms with van der Waals surface area (Å²) in [6, 6.07) is 9.29. The zero-order valence-corrected chi connectivity index (χ0v) is 30.2. The molecular formula is C36H52INO2Si. The van der Waals surface area contributed by atoms with Crippen LogP contribution in [0.5, 0.6) is 0 Å². The molecule has 41 heavy (non-hydrogen) atoms. The first-order chi connectivity index (χ1) is 19.2. The van der Waals surface area contributed by atoms with Gasteiger partial charge in [-0.3, -0.25) is 4.98 Å². The maximum absolute atomic E-state index is 7.49. The number of aromatic nitrogens is 1. The Balaban J connectivity index is 1.59. The molecule has 2 saturated carbocycles. The Morgan fingerprint density at radius 3 is 2.17 bits per heavy atom. The van der Waals surface area contributed by atoms with Gasteiger partial charge in [-0.25, -0.2) is 0 Å². The molecule has 0 radical (unpaired) electrons. The van der Waals surface area contributed by atoms with E-state index in [1.165, 1.54) is 71.3 Å². The van der Waals surface area contributed by atoms with Gasteiger partial charge in [-0.1, -0.05) is 102 Å². The first kappa shape index (κ1) is 30.3. The van der Waals surface area contributed by atoms with E-state index in [1.807, 2.05) is 0 Å². The van der Waals surface area contributed by atoms with E-state index in [4.69, 9.17) is 14.1 Å². The van der Waals surface area contributed by atoms with Crippen molar-refractivity contribution in [1.82, 2.24) is 4.98 Å². The molecule has 2 fully saturated rings. The summed E-state index contributed by atoms with van der Waals surface area (Å²) in [7, 11) is -2.02. The van der Waals surface area contributed by atoms with E-state index < -0.39 is 8.32 Å². The SMILES string of the molecule is CC(C)c1ccc([C@H]2OC3(CCCC3I)c3c4c(nc(C(C)C)c32)CC2(CCC2)CC4O[Si](C)(C)C(C)(C)C)cc1. The molecular weight excluding hydrogens is 633 g/mol. The molecule has 5 heteroatoms. The summed E-state index contributed by atoms with van der Waals surface area (Å²) < 4.78 is 15.4. The van der Waals surface area contributed by atoms with E-state index in [0.29, 0.717) is 21.2 Å². The van der Waals surface area contributed by atoms with Gasteiger partial charge in [0.15, 0.2) is 8.32 Å². The number of pyridine rings is 1. The third-order valence-electron chi connectivity index (χ3n) is 11.5. The minimum atomic E-state index is -2.02. The van der Waals surface area contributed by atoms with Crippen LogP contribution in [0.4, 0.5) is 0 Å². The topological polar surface area (TPSA) is 31.4 Å². The second-order valence-electron chi connectivity index (χ2n) is 16.0. The minimum absolute atomic E-state index is 0.0649. The maximum Gasteiger partial charge on any atom is 0.192 e. The molecule has 4 aliphatic rings. The summed E-state index contributed by atoms with van der Waals surface area (Å²) in [5, 5.41) is 0.167. The van der Waals surface area contributed by atoms with Gasteiger partial charge in [-0.05, 0) is 91.5 Å². The fourth-order valence-electron chi connectivity index (χ4n) is 7.91. The molecule has 2 spiro atoms. The van der Waals surface area contributed by atoms with E-state index in [-0.39, 0.29) is 22.8 Å². The van der Waals surface area contributed by atoms with Crippen molar-refractivity contribution in [2.75, 3.05) is 0 Å². The van der Waals surface area contributed by atoms with Crippen LogP contribution in [-0.2, 0) is 21.2 Å². The molecule has 1 aromatic carbocycles. The van der Waals surface area contributed by atoms with Gasteiger partial charge in [-0.15, -0.1) is 0 Å². The molecule has 2 heterocycles. The standard InChI is InChI=1S/C36H52INO2Si/c1-22(2)24-13-15-25(16-14-24)33-30-31(36(39-33)19-10-12-28(36)37)29-26(38-32(30)23(3)4)20-35(17-11-18-35)21-27(29)40-41(8,9)34(5,6)7/h13-16,22-23,27-28,33H,10-12,17-21H2,1-9H3/t27?,28?,33-,36?/m1/s1. The Kier molecular flexibility index (Phi) is 7.69. The summed E-state index contributed by atoms with van der Waals surface area (Å²) >= 11 is 2.73. The Morgan fingerprint density at radius 2 is 1.66 bits per heavy atom. The predicted molar refractivity (Wildman–Crippen MR) is 181 cm³/mol. The molecule has 3 nitrogen and oxygen atoms in total. The lowest BCUT2D eigenvalue weighted by Gasteiger charge is -2.51. The van der Waals surface area contributed by atoms with Gasteiger partial charge in [0, 0.05) is 32.0 Å². The Labute approximate surface area is 264 Å². The highest BCUT2D eigenvalue weighted by molar-refractivity contribution is 14.1. The fraction of sp³-hybridized carbons (Fsp3) is 0.694. The van der Waals surface area contributed by atoms with Crippen molar-refractivity contribution in [3.63, 3.8) is 0 Å². The number of hydrogen-bond donors (Lipinski definition) is 0. The van der Waals surface area contributed by atoms with Crippen LogP contribution in [0, 0.1) is 5.41 Å². The third-order valence-corrected chi connectivity index (χ3v) is 17.6. The van der Waals surface area contributed by atoms with Crippen LogP contribution < -0.4 is 0 Å². The van der Waals surface area contributed by atoms with E-state index in [2.05, 4.69) is 108 Å². The zero-order chi connectivity index (χ0) is 29.5. The van der Waals surface area contributed by atoms with Crippen LogP contribution in [0.2, 0.25) is 18.1 Å². The molecule has 3 unspecified atom stereocenters. The van der Waals surface area contributed by atoms with Gasteiger partial charge in [0.25, 0.3) is 0 Å². The fourth-order valence-corrected chi connectivity index (χ4v) is 10.4. The van der Waals surface area contributed by atoms with Gasteiger partial charge in [0.1, 0.15) is 11.7 Å². The number of benzene rings is 1. The molecule has 0 bridgehead atoms. The van der Waals surface area contributed by atoms with E-state index in [9.17, 15) is 0 Å².